The van der Waals surface area contributed by atoms with Gasteiger partial charge in [0, 0.05) is 6.20 Å². The fourth-order valence-corrected chi connectivity index (χ4v) is 1.01. The molecule has 0 aliphatic carbocycles. The fraction of sp³-hybridized carbons (Fsp3) is 0.500. The SMILES string of the molecule is C[N+](C)(C)S(=O)(=O)On1ccnc1. The molecule has 1 rings (SSSR count). The van der Waals surface area contributed by atoms with Crippen LogP contribution in [-0.2, 0) is 10.3 Å². The lowest BCUT2D eigenvalue weighted by molar-refractivity contribution is -0.744. The summed E-state index contributed by atoms with van der Waals surface area (Å²) in [6, 6.07) is 0. The molecule has 6 nitrogen and oxygen atoms in total. The van der Waals surface area contributed by atoms with Crippen LogP contribution in [0, 0.1) is 0 Å². The van der Waals surface area contributed by atoms with E-state index in [0.717, 1.165) is 4.73 Å². The summed E-state index contributed by atoms with van der Waals surface area (Å²) in [6.45, 7) is 0. The van der Waals surface area contributed by atoms with Gasteiger partial charge in [-0.15, -0.1) is 8.42 Å². The maximum atomic E-state index is 11.4. The van der Waals surface area contributed by atoms with Crippen molar-refractivity contribution in [3.8, 4) is 0 Å². The highest BCUT2D eigenvalue weighted by atomic mass is 32.2. The number of hydrogen-bond donors (Lipinski definition) is 0. The van der Waals surface area contributed by atoms with Crippen LogP contribution in [0.2, 0.25) is 0 Å². The summed E-state index contributed by atoms with van der Waals surface area (Å²) in [6.07, 6.45) is 4.12. The van der Waals surface area contributed by atoms with Crippen LogP contribution in [0.1, 0.15) is 0 Å². The molecule has 1 aromatic heterocycles. The van der Waals surface area contributed by atoms with Crippen molar-refractivity contribution in [1.29, 1.82) is 0 Å². The van der Waals surface area contributed by atoms with Gasteiger partial charge in [-0.2, -0.15) is 8.62 Å². The summed E-state index contributed by atoms with van der Waals surface area (Å²) >= 11 is 0. The number of quaternary nitrogens is 1. The standard InChI is InChI=1S/C6H12N3O3S/c1-9(2,3)13(10,11)12-8-5-4-7-6-8/h4-6H,1-3H3/q+1. The van der Waals surface area contributed by atoms with Crippen molar-refractivity contribution >= 4 is 10.3 Å². The van der Waals surface area contributed by atoms with Gasteiger partial charge in [0.15, 0.2) is 0 Å². The van der Waals surface area contributed by atoms with E-state index in [2.05, 4.69) is 4.98 Å². The average molecular weight is 206 g/mol. The highest BCUT2D eigenvalue weighted by Gasteiger charge is 2.31. The minimum atomic E-state index is -3.66. The van der Waals surface area contributed by atoms with Gasteiger partial charge in [-0.3, -0.25) is 0 Å². The summed E-state index contributed by atoms with van der Waals surface area (Å²) in [5, 5.41) is 0. The molecule has 74 valence electrons. The van der Waals surface area contributed by atoms with Crippen molar-refractivity contribution in [2.24, 2.45) is 0 Å². The van der Waals surface area contributed by atoms with E-state index in [4.69, 9.17) is 4.28 Å². The summed E-state index contributed by atoms with van der Waals surface area (Å²) < 4.78 is 28.3. The minimum Gasteiger partial charge on any atom is -0.244 e. The molecular weight excluding hydrogens is 194 g/mol. The van der Waals surface area contributed by atoms with E-state index in [0.29, 0.717) is 0 Å². The van der Waals surface area contributed by atoms with Gasteiger partial charge in [0.1, 0.15) is 6.33 Å². The van der Waals surface area contributed by atoms with E-state index in [1.165, 1.54) is 39.9 Å². The Morgan fingerprint density at radius 2 is 2.00 bits per heavy atom. The molecule has 7 heteroatoms. The zero-order valence-electron chi connectivity index (χ0n) is 7.71. The van der Waals surface area contributed by atoms with Crippen molar-refractivity contribution in [3.05, 3.63) is 18.7 Å². The second-order valence-electron chi connectivity index (χ2n) is 3.31. The molecule has 0 aromatic carbocycles. The Hall–Kier alpha value is -1.08. The zero-order valence-corrected chi connectivity index (χ0v) is 8.52. The first-order valence-electron chi connectivity index (χ1n) is 3.57. The van der Waals surface area contributed by atoms with Gasteiger partial charge in [0.2, 0.25) is 0 Å². The van der Waals surface area contributed by atoms with Crippen LogP contribution >= 0.6 is 0 Å². The Labute approximate surface area is 77.2 Å². The lowest BCUT2D eigenvalue weighted by Crippen LogP contribution is -2.46. The number of rotatable bonds is 3. The molecule has 0 atom stereocenters. The van der Waals surface area contributed by atoms with Crippen molar-refractivity contribution in [2.45, 2.75) is 0 Å². The maximum absolute atomic E-state index is 11.4. The highest BCUT2D eigenvalue weighted by molar-refractivity contribution is 7.81. The molecule has 0 aliphatic rings. The Bertz CT molecular complexity index is 362. The molecule has 1 aromatic rings. The van der Waals surface area contributed by atoms with Gasteiger partial charge in [-0.25, -0.2) is 9.27 Å². The van der Waals surface area contributed by atoms with Gasteiger partial charge in [-0.1, -0.05) is 0 Å². The maximum Gasteiger partial charge on any atom is 0.502 e. The van der Waals surface area contributed by atoms with E-state index in [1.54, 1.807) is 0 Å². The van der Waals surface area contributed by atoms with Gasteiger partial charge in [0.25, 0.3) is 0 Å². The summed E-state index contributed by atoms with van der Waals surface area (Å²) in [5.74, 6) is 0. The normalized spacial score (nSPS) is 12.8. The molecule has 0 aliphatic heterocycles. The molecule has 0 N–H and O–H groups in total. The molecule has 1 heterocycles. The quantitative estimate of drug-likeness (QED) is 0.611. The van der Waals surface area contributed by atoms with Crippen LogP contribution in [0.5, 0.6) is 0 Å². The predicted molar refractivity (Wildman–Crippen MR) is 45.8 cm³/mol. The smallest absolute Gasteiger partial charge is 0.244 e. The lowest BCUT2D eigenvalue weighted by Gasteiger charge is -2.20. The Balaban J connectivity index is 2.87. The van der Waals surface area contributed by atoms with E-state index in [1.807, 2.05) is 0 Å². The van der Waals surface area contributed by atoms with Gasteiger partial charge < -0.3 is 0 Å². The Morgan fingerprint density at radius 3 is 2.38 bits per heavy atom. The van der Waals surface area contributed by atoms with Crippen molar-refractivity contribution in [3.63, 3.8) is 0 Å². The third kappa shape index (κ3) is 2.19. The van der Waals surface area contributed by atoms with E-state index < -0.39 is 10.3 Å². The molecule has 0 saturated carbocycles. The molecule has 0 spiro atoms. The number of nitrogens with zero attached hydrogens (tertiary/aromatic N) is 3. The first-order chi connectivity index (χ1) is 5.83. The third-order valence-corrected chi connectivity index (χ3v) is 3.03. The Morgan fingerprint density at radius 1 is 1.38 bits per heavy atom. The van der Waals surface area contributed by atoms with Crippen molar-refractivity contribution < 1.29 is 16.6 Å². The number of imidazole rings is 1. The second-order valence-corrected chi connectivity index (χ2v) is 5.41. The first-order valence-corrected chi connectivity index (χ1v) is 4.94. The van der Waals surface area contributed by atoms with Crippen LogP contribution in [0.4, 0.5) is 0 Å². The fourth-order valence-electron chi connectivity index (χ4n) is 0.500. The molecule has 0 fully saturated rings. The molecular formula is C6H12N3O3S+. The molecule has 0 amide bonds. The first kappa shape index (κ1) is 10.0. The van der Waals surface area contributed by atoms with E-state index >= 15 is 0 Å². The third-order valence-electron chi connectivity index (χ3n) is 1.33. The van der Waals surface area contributed by atoms with Crippen molar-refractivity contribution in [2.75, 3.05) is 21.1 Å². The number of hydrogen-bond acceptors (Lipinski definition) is 4. The van der Waals surface area contributed by atoms with Crippen molar-refractivity contribution in [1.82, 2.24) is 9.71 Å². The summed E-state index contributed by atoms with van der Waals surface area (Å²) in [4.78, 5) is 3.65. The summed E-state index contributed by atoms with van der Waals surface area (Å²) in [5.41, 5.74) is 0. The molecule has 0 saturated heterocycles. The molecule has 0 radical (unpaired) electrons. The zero-order chi connectivity index (χ0) is 10.1. The van der Waals surface area contributed by atoms with Gasteiger partial charge in [-0.05, 0) is 0 Å². The van der Waals surface area contributed by atoms with E-state index in [9.17, 15) is 8.42 Å². The largest absolute Gasteiger partial charge is 0.502 e. The van der Waals surface area contributed by atoms with Crippen LogP contribution in [0.15, 0.2) is 18.7 Å². The molecule has 0 unspecified atom stereocenters. The Kier molecular flexibility index (Phi) is 2.31. The van der Waals surface area contributed by atoms with E-state index in [-0.39, 0.29) is 3.89 Å². The monoisotopic (exact) mass is 206 g/mol. The predicted octanol–water partition coefficient (Wildman–Crippen LogP) is -0.737. The highest BCUT2D eigenvalue weighted by Crippen LogP contribution is 2.02. The number of aromatic nitrogens is 2. The molecule has 13 heavy (non-hydrogen) atoms. The second kappa shape index (κ2) is 3.00. The minimum absolute atomic E-state index is 0.300. The van der Waals surface area contributed by atoms with Crippen LogP contribution in [0.3, 0.4) is 0 Å². The van der Waals surface area contributed by atoms with Crippen LogP contribution in [-0.4, -0.2) is 43.2 Å². The topological polar surface area (TPSA) is 61.2 Å². The van der Waals surface area contributed by atoms with Gasteiger partial charge >= 0.3 is 10.3 Å². The lowest BCUT2D eigenvalue weighted by atomic mass is 11.0. The average Bonchev–Trinajstić information content (AvgIpc) is 2.35. The van der Waals surface area contributed by atoms with Crippen LogP contribution < -0.4 is 4.28 Å². The van der Waals surface area contributed by atoms with Crippen LogP contribution in [0.25, 0.3) is 0 Å². The molecule has 0 bridgehead atoms. The summed E-state index contributed by atoms with van der Waals surface area (Å²) in [7, 11) is 0.858. The van der Waals surface area contributed by atoms with Gasteiger partial charge in [0.05, 0.1) is 27.3 Å².